The molecular weight excluding hydrogens is 285 g/mol. The highest BCUT2D eigenvalue weighted by molar-refractivity contribution is 9.10. The second-order valence-corrected chi connectivity index (χ2v) is 5.71. The van der Waals surface area contributed by atoms with Crippen molar-refractivity contribution in [3.63, 3.8) is 0 Å². The van der Waals surface area contributed by atoms with Crippen molar-refractivity contribution >= 4 is 15.9 Å². The Morgan fingerprint density at radius 1 is 1.47 bits per heavy atom. The van der Waals surface area contributed by atoms with Gasteiger partial charge in [0.25, 0.3) is 0 Å². The summed E-state index contributed by atoms with van der Waals surface area (Å²) in [5, 5.41) is 3.33. The molecule has 0 amide bonds. The molecule has 0 bridgehead atoms. The molecule has 1 saturated heterocycles. The molecule has 0 aliphatic carbocycles. The number of nitrogens with one attached hydrogen (secondary N) is 1. The molecule has 1 aliphatic rings. The summed E-state index contributed by atoms with van der Waals surface area (Å²) >= 11 is 3.28. The van der Waals surface area contributed by atoms with Gasteiger partial charge in [-0.05, 0) is 50.1 Å². The lowest BCUT2D eigenvalue weighted by molar-refractivity contribution is -0.0572. The second-order valence-electron chi connectivity index (χ2n) is 4.80. The number of ether oxygens (including phenoxy) is 1. The van der Waals surface area contributed by atoms with E-state index < -0.39 is 0 Å². The highest BCUT2D eigenvalue weighted by Gasteiger charge is 2.27. The SMILES string of the molecule is CC1(OCc2cc(F)cc(Br)c2)CCCNC1. The average molecular weight is 302 g/mol. The Balaban J connectivity index is 1.96. The number of rotatable bonds is 3. The minimum Gasteiger partial charge on any atom is -0.369 e. The van der Waals surface area contributed by atoms with Gasteiger partial charge in [-0.2, -0.15) is 0 Å². The third kappa shape index (κ3) is 3.76. The van der Waals surface area contributed by atoms with Gasteiger partial charge in [0.1, 0.15) is 5.82 Å². The molecular formula is C13H17BrFNO. The van der Waals surface area contributed by atoms with Crippen molar-refractivity contribution in [3.8, 4) is 0 Å². The van der Waals surface area contributed by atoms with Crippen LogP contribution in [0.5, 0.6) is 0 Å². The summed E-state index contributed by atoms with van der Waals surface area (Å²) in [7, 11) is 0. The molecule has 2 nitrogen and oxygen atoms in total. The van der Waals surface area contributed by atoms with Crippen LogP contribution >= 0.6 is 15.9 Å². The van der Waals surface area contributed by atoms with Gasteiger partial charge in [-0.3, -0.25) is 0 Å². The van der Waals surface area contributed by atoms with E-state index in [1.807, 2.05) is 6.07 Å². The Morgan fingerprint density at radius 2 is 2.29 bits per heavy atom. The van der Waals surface area contributed by atoms with Crippen LogP contribution in [-0.4, -0.2) is 18.7 Å². The van der Waals surface area contributed by atoms with Crippen molar-refractivity contribution in [1.82, 2.24) is 5.32 Å². The third-order valence-corrected chi connectivity index (χ3v) is 3.53. The lowest BCUT2D eigenvalue weighted by Crippen LogP contribution is -2.45. The number of benzene rings is 1. The molecule has 0 radical (unpaired) electrons. The number of halogens is 2. The summed E-state index contributed by atoms with van der Waals surface area (Å²) in [6, 6.07) is 4.86. The Bertz CT molecular complexity index is 371. The summed E-state index contributed by atoms with van der Waals surface area (Å²) in [5.41, 5.74) is 0.737. The summed E-state index contributed by atoms with van der Waals surface area (Å²) in [6.07, 6.45) is 2.18. The molecule has 1 aliphatic heterocycles. The molecule has 17 heavy (non-hydrogen) atoms. The Kier molecular flexibility index (Phi) is 4.17. The van der Waals surface area contributed by atoms with Gasteiger partial charge in [-0.25, -0.2) is 4.39 Å². The maximum absolute atomic E-state index is 13.2. The van der Waals surface area contributed by atoms with Crippen LogP contribution in [-0.2, 0) is 11.3 Å². The maximum Gasteiger partial charge on any atom is 0.124 e. The first-order valence-corrected chi connectivity index (χ1v) is 6.66. The fourth-order valence-corrected chi connectivity index (χ4v) is 2.62. The van der Waals surface area contributed by atoms with Crippen molar-refractivity contribution in [2.45, 2.75) is 32.0 Å². The van der Waals surface area contributed by atoms with Crippen LogP contribution < -0.4 is 5.32 Å². The highest BCUT2D eigenvalue weighted by Crippen LogP contribution is 2.23. The maximum atomic E-state index is 13.2. The summed E-state index contributed by atoms with van der Waals surface area (Å²) in [6.45, 7) is 4.48. The van der Waals surface area contributed by atoms with Crippen LogP contribution in [0.15, 0.2) is 22.7 Å². The van der Waals surface area contributed by atoms with Crippen LogP contribution in [0.1, 0.15) is 25.3 Å². The van der Waals surface area contributed by atoms with E-state index in [0.29, 0.717) is 6.61 Å². The lowest BCUT2D eigenvalue weighted by atomic mass is 9.96. The minimum atomic E-state index is -0.232. The molecule has 0 spiro atoms. The molecule has 1 heterocycles. The monoisotopic (exact) mass is 301 g/mol. The van der Waals surface area contributed by atoms with Crippen molar-refractivity contribution in [2.75, 3.05) is 13.1 Å². The predicted molar refractivity (Wildman–Crippen MR) is 69.4 cm³/mol. The van der Waals surface area contributed by atoms with E-state index in [2.05, 4.69) is 28.2 Å². The molecule has 1 unspecified atom stereocenters. The van der Waals surface area contributed by atoms with Crippen molar-refractivity contribution in [2.24, 2.45) is 0 Å². The van der Waals surface area contributed by atoms with E-state index in [9.17, 15) is 4.39 Å². The molecule has 2 rings (SSSR count). The molecule has 4 heteroatoms. The fraction of sp³-hybridized carbons (Fsp3) is 0.538. The average Bonchev–Trinajstić information content (AvgIpc) is 2.26. The van der Waals surface area contributed by atoms with Crippen LogP contribution in [0.4, 0.5) is 4.39 Å². The third-order valence-electron chi connectivity index (χ3n) is 3.07. The van der Waals surface area contributed by atoms with Crippen LogP contribution in [0.3, 0.4) is 0 Å². The molecule has 1 atom stereocenters. The van der Waals surface area contributed by atoms with Gasteiger partial charge in [0.15, 0.2) is 0 Å². The zero-order valence-electron chi connectivity index (χ0n) is 9.93. The van der Waals surface area contributed by atoms with Gasteiger partial charge >= 0.3 is 0 Å². The predicted octanol–water partition coefficient (Wildman–Crippen LogP) is 3.25. The lowest BCUT2D eigenvalue weighted by Gasteiger charge is -2.34. The van der Waals surface area contributed by atoms with Crippen molar-refractivity contribution in [3.05, 3.63) is 34.1 Å². The number of hydrogen-bond donors (Lipinski definition) is 1. The van der Waals surface area contributed by atoms with E-state index in [4.69, 9.17) is 4.74 Å². The zero-order chi connectivity index (χ0) is 12.3. The van der Waals surface area contributed by atoms with Crippen LogP contribution in [0, 0.1) is 5.82 Å². The summed E-state index contributed by atoms with van der Waals surface area (Å²) in [4.78, 5) is 0. The first-order chi connectivity index (χ1) is 8.07. The quantitative estimate of drug-likeness (QED) is 0.925. The number of hydrogen-bond acceptors (Lipinski definition) is 2. The smallest absolute Gasteiger partial charge is 0.124 e. The van der Waals surface area contributed by atoms with Gasteiger partial charge < -0.3 is 10.1 Å². The molecule has 1 aromatic carbocycles. The topological polar surface area (TPSA) is 21.3 Å². The molecule has 0 saturated carbocycles. The normalized spacial score (nSPS) is 24.9. The molecule has 1 N–H and O–H groups in total. The van der Waals surface area contributed by atoms with E-state index in [0.717, 1.165) is 36.0 Å². The Hall–Kier alpha value is -0.450. The van der Waals surface area contributed by atoms with Gasteiger partial charge in [-0.1, -0.05) is 15.9 Å². The van der Waals surface area contributed by atoms with Crippen LogP contribution in [0.2, 0.25) is 0 Å². The molecule has 1 fully saturated rings. The zero-order valence-corrected chi connectivity index (χ0v) is 11.5. The van der Waals surface area contributed by atoms with E-state index in [1.54, 1.807) is 0 Å². The van der Waals surface area contributed by atoms with Gasteiger partial charge in [0.2, 0.25) is 0 Å². The summed E-state index contributed by atoms with van der Waals surface area (Å²) < 4.78 is 19.9. The fourth-order valence-electron chi connectivity index (χ4n) is 2.10. The number of piperidine rings is 1. The van der Waals surface area contributed by atoms with Crippen molar-refractivity contribution < 1.29 is 9.13 Å². The Labute approximate surface area is 110 Å². The van der Waals surface area contributed by atoms with Gasteiger partial charge in [0, 0.05) is 11.0 Å². The molecule has 94 valence electrons. The summed E-state index contributed by atoms with van der Waals surface area (Å²) in [5.74, 6) is -0.232. The standard InChI is InChI=1S/C13H17BrFNO/c1-13(3-2-4-16-9-13)17-8-10-5-11(14)7-12(15)6-10/h5-7,16H,2-4,8-9H2,1H3. The highest BCUT2D eigenvalue weighted by atomic mass is 79.9. The second kappa shape index (κ2) is 5.46. The van der Waals surface area contributed by atoms with E-state index >= 15 is 0 Å². The first kappa shape index (κ1) is 13.0. The van der Waals surface area contributed by atoms with E-state index in [-0.39, 0.29) is 11.4 Å². The largest absolute Gasteiger partial charge is 0.369 e. The Morgan fingerprint density at radius 3 is 2.94 bits per heavy atom. The van der Waals surface area contributed by atoms with Crippen molar-refractivity contribution in [1.29, 1.82) is 0 Å². The van der Waals surface area contributed by atoms with Gasteiger partial charge in [-0.15, -0.1) is 0 Å². The van der Waals surface area contributed by atoms with E-state index in [1.165, 1.54) is 12.1 Å². The van der Waals surface area contributed by atoms with Crippen LogP contribution in [0.25, 0.3) is 0 Å². The molecule has 1 aromatic rings. The van der Waals surface area contributed by atoms with Gasteiger partial charge in [0.05, 0.1) is 12.2 Å². The molecule has 0 aromatic heterocycles. The first-order valence-electron chi connectivity index (χ1n) is 5.87. The minimum absolute atomic E-state index is 0.128.